The van der Waals surface area contributed by atoms with Gasteiger partial charge in [-0.3, -0.25) is 13.9 Å². The standard InChI is InChI=1S/C24H24N5O15P3/c25-21-17-22(27-11-26-21)29(12-28-17)23-19(31)20(16(41-23)10-40-46(36,37)44-47(38,39)43-45(33,34)35)42-24(32)15-8-6-14(7-9-15)18(30)13-4-2-1-3-5-13/h1-9,11-12,16,19-20,23,31H,10H2,(H,36,37)(H,38,39)(H2,25,26,27)(H2,33,34,35)/t16-,19?,20?,23-/m1/s1. The van der Waals surface area contributed by atoms with Crippen LogP contribution in [0, 0.1) is 0 Å². The fraction of sp³-hybridized carbons (Fsp3) is 0.208. The molecule has 0 radical (unpaired) electrons. The number of carbonyl (C=O) groups is 2. The van der Waals surface area contributed by atoms with Gasteiger partial charge in [0.15, 0.2) is 29.6 Å². The molecular formula is C24H24N5O15P3. The molecule has 1 aliphatic rings. The third-order valence-corrected chi connectivity index (χ3v) is 10.3. The van der Waals surface area contributed by atoms with Gasteiger partial charge in [-0.25, -0.2) is 33.4 Å². The number of phosphoric ester groups is 1. The van der Waals surface area contributed by atoms with E-state index in [0.29, 0.717) is 5.56 Å². The van der Waals surface area contributed by atoms with E-state index in [2.05, 4.69) is 28.1 Å². The van der Waals surface area contributed by atoms with Crippen molar-refractivity contribution in [1.29, 1.82) is 0 Å². The fourth-order valence-electron chi connectivity index (χ4n) is 4.46. The maximum Gasteiger partial charge on any atom is 0.490 e. The molecule has 4 unspecified atom stereocenters. The number of benzene rings is 2. The van der Waals surface area contributed by atoms with E-state index in [-0.39, 0.29) is 33.9 Å². The van der Waals surface area contributed by atoms with Crippen molar-refractivity contribution < 1.29 is 70.6 Å². The first-order valence-corrected chi connectivity index (χ1v) is 17.5. The highest BCUT2D eigenvalue weighted by molar-refractivity contribution is 7.66. The molecular weight excluding hydrogens is 691 g/mol. The number of phosphoric acid groups is 3. The molecule has 23 heteroatoms. The van der Waals surface area contributed by atoms with Crippen LogP contribution < -0.4 is 5.73 Å². The van der Waals surface area contributed by atoms with E-state index >= 15 is 0 Å². The van der Waals surface area contributed by atoms with E-state index in [1.807, 2.05) is 0 Å². The Kier molecular flexibility index (Phi) is 9.87. The maximum atomic E-state index is 13.2. The Morgan fingerprint density at radius 1 is 0.872 bits per heavy atom. The van der Waals surface area contributed by atoms with Crippen molar-refractivity contribution in [3.8, 4) is 0 Å². The summed E-state index contributed by atoms with van der Waals surface area (Å²) in [7, 11) is -17.1. The number of nitrogens with two attached hydrogens (primary N) is 1. The number of nitrogens with zero attached hydrogens (tertiary/aromatic N) is 4. The Balaban J connectivity index is 1.37. The molecule has 0 aliphatic carbocycles. The van der Waals surface area contributed by atoms with E-state index in [4.69, 9.17) is 25.0 Å². The lowest BCUT2D eigenvalue weighted by Crippen LogP contribution is -2.38. The van der Waals surface area contributed by atoms with Crippen molar-refractivity contribution in [2.75, 3.05) is 12.3 Å². The van der Waals surface area contributed by atoms with Crippen molar-refractivity contribution in [2.24, 2.45) is 0 Å². The molecule has 2 aromatic heterocycles. The van der Waals surface area contributed by atoms with Gasteiger partial charge < -0.3 is 39.9 Å². The van der Waals surface area contributed by atoms with Crippen molar-refractivity contribution in [1.82, 2.24) is 19.5 Å². The van der Waals surface area contributed by atoms with E-state index in [9.17, 15) is 38.2 Å². The number of esters is 1. The summed E-state index contributed by atoms with van der Waals surface area (Å²) >= 11 is 0. The molecule has 0 bridgehead atoms. The molecule has 47 heavy (non-hydrogen) atoms. The molecule has 0 amide bonds. The number of fused-ring (bicyclic) bond motifs is 1. The maximum absolute atomic E-state index is 13.2. The number of aliphatic hydroxyl groups excluding tert-OH is 1. The predicted octanol–water partition coefficient (Wildman–Crippen LogP) is 1.47. The van der Waals surface area contributed by atoms with Crippen LogP contribution in [0.1, 0.15) is 32.5 Å². The normalized spacial score (nSPS) is 22.4. The number of rotatable bonds is 12. The molecule has 7 N–H and O–H groups in total. The summed E-state index contributed by atoms with van der Waals surface area (Å²) in [6.45, 7) is -1.07. The zero-order valence-corrected chi connectivity index (χ0v) is 26.1. The van der Waals surface area contributed by atoms with Crippen LogP contribution >= 0.6 is 23.5 Å². The molecule has 1 saturated heterocycles. The fourth-order valence-corrected chi connectivity index (χ4v) is 7.49. The Morgan fingerprint density at radius 2 is 1.51 bits per heavy atom. The van der Waals surface area contributed by atoms with Gasteiger partial charge >= 0.3 is 29.4 Å². The van der Waals surface area contributed by atoms with E-state index in [1.165, 1.54) is 35.2 Å². The van der Waals surface area contributed by atoms with E-state index < -0.39 is 60.6 Å². The molecule has 6 atom stereocenters. The molecule has 5 rings (SSSR count). The number of aromatic nitrogens is 4. The van der Waals surface area contributed by atoms with Crippen LogP contribution in [0.15, 0.2) is 67.3 Å². The quantitative estimate of drug-likeness (QED) is 0.0687. The number of hydrogen-bond acceptors (Lipinski definition) is 15. The predicted molar refractivity (Wildman–Crippen MR) is 155 cm³/mol. The Hall–Kier alpha value is -3.74. The third kappa shape index (κ3) is 8.22. The van der Waals surface area contributed by atoms with Crippen LogP contribution in [0.25, 0.3) is 11.2 Å². The molecule has 1 fully saturated rings. The molecule has 1 aliphatic heterocycles. The van der Waals surface area contributed by atoms with Gasteiger partial charge in [-0.1, -0.05) is 42.5 Å². The number of ether oxygens (including phenoxy) is 2. The number of carbonyl (C=O) groups excluding carboxylic acids is 2. The Labute approximate surface area is 263 Å². The molecule has 0 spiro atoms. The summed E-state index contributed by atoms with van der Waals surface area (Å²) in [6.07, 6.45) is -4.15. The van der Waals surface area contributed by atoms with Gasteiger partial charge in [-0.15, -0.1) is 0 Å². The lowest BCUT2D eigenvalue weighted by Gasteiger charge is -2.22. The summed E-state index contributed by atoms with van der Waals surface area (Å²) in [6, 6.07) is 13.7. The summed E-state index contributed by atoms with van der Waals surface area (Å²) in [5.74, 6) is -1.35. The smallest absolute Gasteiger partial charge is 0.453 e. The Morgan fingerprint density at radius 3 is 2.17 bits per heavy atom. The van der Waals surface area contributed by atoms with Crippen LogP contribution in [0.4, 0.5) is 5.82 Å². The van der Waals surface area contributed by atoms with Crippen molar-refractivity contribution in [3.63, 3.8) is 0 Å². The largest absolute Gasteiger partial charge is 0.490 e. The molecule has 4 aromatic rings. The zero-order chi connectivity index (χ0) is 34.1. The molecule has 3 heterocycles. The highest BCUT2D eigenvalue weighted by Crippen LogP contribution is 2.66. The minimum Gasteiger partial charge on any atom is -0.453 e. The van der Waals surface area contributed by atoms with Crippen LogP contribution in [0.5, 0.6) is 0 Å². The van der Waals surface area contributed by atoms with Crippen LogP contribution in [-0.2, 0) is 36.3 Å². The topological polar surface area (TPSA) is 302 Å². The number of hydrogen-bond donors (Lipinski definition) is 6. The van der Waals surface area contributed by atoms with Gasteiger partial charge in [-0.05, 0) is 12.1 Å². The average Bonchev–Trinajstić information content (AvgIpc) is 3.56. The number of anilines is 1. The zero-order valence-electron chi connectivity index (χ0n) is 23.4. The summed E-state index contributed by atoms with van der Waals surface area (Å²) < 4.78 is 59.5. The highest BCUT2D eigenvalue weighted by Gasteiger charge is 2.49. The summed E-state index contributed by atoms with van der Waals surface area (Å²) in [5, 5.41) is 11.2. The number of ketones is 1. The minimum atomic E-state index is -5.84. The van der Waals surface area contributed by atoms with Gasteiger partial charge in [-0.2, -0.15) is 8.62 Å². The second-order valence-electron chi connectivity index (χ2n) is 9.67. The highest BCUT2D eigenvalue weighted by atomic mass is 31.3. The second kappa shape index (κ2) is 13.4. The summed E-state index contributed by atoms with van der Waals surface area (Å²) in [5.41, 5.74) is 6.64. The number of imidazole rings is 1. The van der Waals surface area contributed by atoms with Crippen molar-refractivity contribution >= 4 is 52.2 Å². The van der Waals surface area contributed by atoms with E-state index in [0.717, 1.165) is 6.33 Å². The monoisotopic (exact) mass is 715 g/mol. The van der Waals surface area contributed by atoms with Gasteiger partial charge in [0.25, 0.3) is 0 Å². The number of nitrogen functional groups attached to an aromatic ring is 1. The molecule has 250 valence electrons. The Bertz CT molecular complexity index is 1940. The van der Waals surface area contributed by atoms with Crippen molar-refractivity contribution in [2.45, 2.75) is 24.5 Å². The van der Waals surface area contributed by atoms with Gasteiger partial charge in [0.2, 0.25) is 0 Å². The first kappa shape index (κ1) is 34.6. The minimum absolute atomic E-state index is 0.0115. The molecule has 2 aromatic carbocycles. The van der Waals surface area contributed by atoms with Gasteiger partial charge in [0.1, 0.15) is 24.1 Å². The summed E-state index contributed by atoms with van der Waals surface area (Å²) in [4.78, 5) is 74.6. The van der Waals surface area contributed by atoms with Crippen LogP contribution in [0.2, 0.25) is 0 Å². The van der Waals surface area contributed by atoms with Gasteiger partial charge in [0.05, 0.1) is 18.5 Å². The molecule has 20 nitrogen and oxygen atoms in total. The third-order valence-electron chi connectivity index (χ3n) is 6.45. The SMILES string of the molecule is Nc1ncnc2c1ncn2[C@@H]1O[C@H](COP(=O)(O)OP(=O)(O)OP(=O)(O)O)C(OC(=O)c2ccc(C(=O)c3ccccc3)cc2)C1O. The van der Waals surface area contributed by atoms with Crippen LogP contribution in [-0.4, -0.2) is 80.9 Å². The lowest BCUT2D eigenvalue weighted by molar-refractivity contribution is -0.0520. The first-order valence-electron chi connectivity index (χ1n) is 13.0. The van der Waals surface area contributed by atoms with Crippen LogP contribution in [0.3, 0.4) is 0 Å². The first-order chi connectivity index (χ1) is 22.0. The number of aliphatic hydroxyl groups is 1. The average molecular weight is 715 g/mol. The van der Waals surface area contributed by atoms with E-state index in [1.54, 1.807) is 30.3 Å². The van der Waals surface area contributed by atoms with Gasteiger partial charge in [0, 0.05) is 11.1 Å². The molecule has 0 saturated carbocycles. The second-order valence-corrected chi connectivity index (χ2v) is 14.1. The lowest BCUT2D eigenvalue weighted by atomic mass is 10.0. The van der Waals surface area contributed by atoms with Crippen molar-refractivity contribution in [3.05, 3.63) is 83.9 Å².